The predicted octanol–water partition coefficient (Wildman–Crippen LogP) is 4.35. The Hall–Kier alpha value is -2.83. The van der Waals surface area contributed by atoms with Crippen LogP contribution in [0.1, 0.15) is 53.2 Å². The van der Waals surface area contributed by atoms with Crippen LogP contribution in [0.15, 0.2) is 24.4 Å². The van der Waals surface area contributed by atoms with Crippen LogP contribution in [0.4, 0.5) is 4.39 Å². The van der Waals surface area contributed by atoms with Gasteiger partial charge in [-0.1, -0.05) is 0 Å². The maximum atomic E-state index is 14.8. The molecule has 0 N–H and O–H groups in total. The Morgan fingerprint density at radius 2 is 1.77 bits per heavy atom. The first kappa shape index (κ1) is 21.4. The Morgan fingerprint density at radius 3 is 2.42 bits per heavy atom. The summed E-state index contributed by atoms with van der Waals surface area (Å²) in [4.78, 5) is 19.1. The summed E-state index contributed by atoms with van der Waals surface area (Å²) in [6.45, 7) is 3.57. The summed E-state index contributed by atoms with van der Waals surface area (Å²) in [7, 11) is 3.16. The summed E-state index contributed by atoms with van der Waals surface area (Å²) >= 11 is 0. The molecule has 2 fully saturated rings. The van der Waals surface area contributed by atoms with E-state index in [0.717, 1.165) is 42.7 Å². The van der Waals surface area contributed by atoms with Crippen LogP contribution in [0.2, 0.25) is 0 Å². The molecule has 2 heterocycles. The van der Waals surface area contributed by atoms with E-state index >= 15 is 0 Å². The highest BCUT2D eigenvalue weighted by Gasteiger charge is 2.29. The number of methoxy groups -OCH3 is 2. The van der Waals surface area contributed by atoms with Gasteiger partial charge in [-0.15, -0.1) is 0 Å². The van der Waals surface area contributed by atoms with E-state index < -0.39 is 5.82 Å². The van der Waals surface area contributed by atoms with E-state index in [9.17, 15) is 9.18 Å². The van der Waals surface area contributed by atoms with Crippen molar-refractivity contribution in [2.75, 3.05) is 33.9 Å². The summed E-state index contributed by atoms with van der Waals surface area (Å²) in [5, 5.41) is 0. The monoisotopic (exact) mass is 428 g/mol. The standard InChI is InChI=1S/C24H29FN2O4/c1-15-10-21(29-2)19(13-26-15)17-6-8-27(9-7-17)24(28)18-11-22(30-3)23(12-20(18)25)31-14-16-4-5-16/h10-13,16-17H,4-9,14H2,1-3H3. The number of rotatable bonds is 7. The number of benzene rings is 1. The third-order valence-corrected chi connectivity index (χ3v) is 6.13. The second-order valence-electron chi connectivity index (χ2n) is 8.37. The Bertz CT molecular complexity index is 953. The van der Waals surface area contributed by atoms with Crippen molar-refractivity contribution in [1.82, 2.24) is 9.88 Å². The molecule has 0 bridgehead atoms. The van der Waals surface area contributed by atoms with Crippen LogP contribution in [0.3, 0.4) is 0 Å². The Morgan fingerprint density at radius 1 is 1.06 bits per heavy atom. The molecule has 1 aromatic carbocycles. The molecular formula is C24H29FN2O4. The smallest absolute Gasteiger partial charge is 0.256 e. The zero-order chi connectivity index (χ0) is 22.0. The number of carbonyl (C=O) groups is 1. The highest BCUT2D eigenvalue weighted by atomic mass is 19.1. The first-order valence-corrected chi connectivity index (χ1v) is 10.8. The molecule has 0 atom stereocenters. The molecule has 1 saturated heterocycles. The molecule has 1 aliphatic carbocycles. The van der Waals surface area contributed by atoms with Gasteiger partial charge in [0.1, 0.15) is 11.6 Å². The topological polar surface area (TPSA) is 60.9 Å². The third-order valence-electron chi connectivity index (χ3n) is 6.13. The van der Waals surface area contributed by atoms with E-state index in [-0.39, 0.29) is 17.4 Å². The molecule has 1 amide bonds. The van der Waals surface area contributed by atoms with Gasteiger partial charge < -0.3 is 19.1 Å². The number of likely N-dealkylation sites (tertiary alicyclic amines) is 1. The minimum atomic E-state index is -0.580. The first-order valence-electron chi connectivity index (χ1n) is 10.8. The van der Waals surface area contributed by atoms with E-state index in [0.29, 0.717) is 37.1 Å². The number of aryl methyl sites for hydroxylation is 1. The number of aromatic nitrogens is 1. The number of pyridine rings is 1. The number of hydrogen-bond acceptors (Lipinski definition) is 5. The molecule has 7 heteroatoms. The van der Waals surface area contributed by atoms with Crippen molar-refractivity contribution in [2.24, 2.45) is 5.92 Å². The van der Waals surface area contributed by atoms with E-state index in [4.69, 9.17) is 14.2 Å². The Balaban J connectivity index is 1.44. The zero-order valence-electron chi connectivity index (χ0n) is 18.3. The van der Waals surface area contributed by atoms with Crippen LogP contribution in [-0.2, 0) is 0 Å². The minimum absolute atomic E-state index is 0.0173. The number of hydrogen-bond donors (Lipinski definition) is 0. The van der Waals surface area contributed by atoms with Gasteiger partial charge in [-0.3, -0.25) is 9.78 Å². The molecule has 0 spiro atoms. The summed E-state index contributed by atoms with van der Waals surface area (Å²) in [6, 6.07) is 4.66. The van der Waals surface area contributed by atoms with Crippen molar-refractivity contribution < 1.29 is 23.4 Å². The number of nitrogens with zero attached hydrogens (tertiary/aromatic N) is 2. The maximum absolute atomic E-state index is 14.8. The SMILES string of the molecule is COc1cc(C(=O)N2CCC(c3cnc(C)cc3OC)CC2)c(F)cc1OCC1CC1. The molecule has 2 aliphatic rings. The van der Waals surface area contributed by atoms with Gasteiger partial charge in [0.2, 0.25) is 0 Å². The average Bonchev–Trinajstić information content (AvgIpc) is 3.62. The number of ether oxygens (including phenoxy) is 3. The molecule has 1 aliphatic heterocycles. The van der Waals surface area contributed by atoms with Gasteiger partial charge in [0, 0.05) is 42.7 Å². The molecule has 166 valence electrons. The average molecular weight is 429 g/mol. The van der Waals surface area contributed by atoms with Crippen molar-refractivity contribution >= 4 is 5.91 Å². The van der Waals surface area contributed by atoms with E-state index in [1.807, 2.05) is 19.2 Å². The van der Waals surface area contributed by atoms with Crippen LogP contribution >= 0.6 is 0 Å². The van der Waals surface area contributed by atoms with Gasteiger partial charge in [-0.05, 0) is 50.5 Å². The lowest BCUT2D eigenvalue weighted by molar-refractivity contribution is 0.0707. The predicted molar refractivity (Wildman–Crippen MR) is 115 cm³/mol. The second kappa shape index (κ2) is 9.12. The van der Waals surface area contributed by atoms with E-state index in [1.165, 1.54) is 19.2 Å². The molecular weight excluding hydrogens is 399 g/mol. The van der Waals surface area contributed by atoms with E-state index in [2.05, 4.69) is 4.98 Å². The molecule has 6 nitrogen and oxygen atoms in total. The minimum Gasteiger partial charge on any atom is -0.496 e. The molecule has 1 saturated carbocycles. The molecule has 1 aromatic heterocycles. The lowest BCUT2D eigenvalue weighted by atomic mass is 9.89. The lowest BCUT2D eigenvalue weighted by Gasteiger charge is -2.33. The van der Waals surface area contributed by atoms with Crippen LogP contribution in [-0.4, -0.2) is 49.7 Å². The van der Waals surface area contributed by atoms with Gasteiger partial charge >= 0.3 is 0 Å². The van der Waals surface area contributed by atoms with Crippen LogP contribution in [0.5, 0.6) is 17.2 Å². The quantitative estimate of drug-likeness (QED) is 0.656. The van der Waals surface area contributed by atoms with Crippen LogP contribution < -0.4 is 14.2 Å². The molecule has 0 radical (unpaired) electrons. The molecule has 0 unspecified atom stereocenters. The zero-order valence-corrected chi connectivity index (χ0v) is 18.3. The lowest BCUT2D eigenvalue weighted by Crippen LogP contribution is -2.38. The van der Waals surface area contributed by atoms with Gasteiger partial charge in [-0.2, -0.15) is 0 Å². The van der Waals surface area contributed by atoms with Crippen molar-refractivity contribution in [3.63, 3.8) is 0 Å². The number of carbonyl (C=O) groups excluding carboxylic acids is 1. The van der Waals surface area contributed by atoms with Crippen molar-refractivity contribution in [2.45, 2.75) is 38.5 Å². The largest absolute Gasteiger partial charge is 0.496 e. The number of amides is 1. The van der Waals surface area contributed by atoms with E-state index in [1.54, 1.807) is 12.0 Å². The summed E-state index contributed by atoms with van der Waals surface area (Å²) in [5.74, 6) is 1.45. The summed E-state index contributed by atoms with van der Waals surface area (Å²) in [5.41, 5.74) is 1.98. The molecule has 4 rings (SSSR count). The van der Waals surface area contributed by atoms with Crippen LogP contribution in [0, 0.1) is 18.7 Å². The fourth-order valence-corrected chi connectivity index (χ4v) is 4.06. The van der Waals surface area contributed by atoms with Gasteiger partial charge in [0.15, 0.2) is 11.5 Å². The van der Waals surface area contributed by atoms with Crippen LogP contribution in [0.25, 0.3) is 0 Å². The van der Waals surface area contributed by atoms with Gasteiger partial charge in [0.25, 0.3) is 5.91 Å². The third kappa shape index (κ3) is 4.75. The first-order chi connectivity index (χ1) is 15.0. The Kier molecular flexibility index (Phi) is 6.30. The van der Waals surface area contributed by atoms with Gasteiger partial charge in [0.05, 0.1) is 26.4 Å². The van der Waals surface area contributed by atoms with Crippen molar-refractivity contribution in [3.05, 3.63) is 47.0 Å². The molecule has 31 heavy (non-hydrogen) atoms. The Labute approximate surface area is 182 Å². The maximum Gasteiger partial charge on any atom is 0.256 e. The van der Waals surface area contributed by atoms with Crippen molar-refractivity contribution in [1.29, 1.82) is 0 Å². The van der Waals surface area contributed by atoms with Gasteiger partial charge in [-0.25, -0.2) is 4.39 Å². The molecule has 2 aromatic rings. The summed E-state index contributed by atoms with van der Waals surface area (Å²) in [6.07, 6.45) is 5.69. The second-order valence-corrected chi connectivity index (χ2v) is 8.37. The highest BCUT2D eigenvalue weighted by molar-refractivity contribution is 5.95. The fourth-order valence-electron chi connectivity index (χ4n) is 4.06. The van der Waals surface area contributed by atoms with Crippen molar-refractivity contribution in [3.8, 4) is 17.2 Å². The highest BCUT2D eigenvalue weighted by Crippen LogP contribution is 2.37. The summed E-state index contributed by atoms with van der Waals surface area (Å²) < 4.78 is 31.4. The number of halogens is 1. The number of piperidine rings is 1. The normalized spacial score (nSPS) is 16.8. The fraction of sp³-hybridized carbons (Fsp3) is 0.500.